The van der Waals surface area contributed by atoms with Crippen LogP contribution >= 0.6 is 0 Å². The Labute approximate surface area is 161 Å². The summed E-state index contributed by atoms with van der Waals surface area (Å²) in [6.07, 6.45) is 1.10. The number of carbonyl (C=O) groups is 1. The molecule has 9 heteroatoms. The highest BCUT2D eigenvalue weighted by Gasteiger charge is 2.40. The van der Waals surface area contributed by atoms with Crippen LogP contribution < -0.4 is 20.1 Å². The number of phenolic OH excluding ortho intramolecular Hbond substituents is 1. The summed E-state index contributed by atoms with van der Waals surface area (Å²) in [6, 6.07) is 2.81. The summed E-state index contributed by atoms with van der Waals surface area (Å²) < 4.78 is 15.4. The summed E-state index contributed by atoms with van der Waals surface area (Å²) in [7, 11) is 2.91. The molecule has 2 aliphatic rings. The molecule has 0 saturated heterocycles. The number of phenols is 1. The normalized spacial score (nSPS) is 20.4. The van der Waals surface area contributed by atoms with Gasteiger partial charge in [0.25, 0.3) is 0 Å². The molecule has 0 radical (unpaired) electrons. The van der Waals surface area contributed by atoms with Crippen molar-refractivity contribution in [2.75, 3.05) is 24.9 Å². The van der Waals surface area contributed by atoms with Gasteiger partial charge in [-0.3, -0.25) is 4.79 Å². The van der Waals surface area contributed by atoms with Crippen LogP contribution in [0.15, 0.2) is 28.0 Å². The molecular weight excluding hydrogens is 364 g/mol. The van der Waals surface area contributed by atoms with Crippen LogP contribution in [0.25, 0.3) is 0 Å². The van der Waals surface area contributed by atoms with Gasteiger partial charge < -0.3 is 25.2 Å². The van der Waals surface area contributed by atoms with E-state index in [1.54, 1.807) is 12.1 Å². The fourth-order valence-electron chi connectivity index (χ4n) is 3.83. The highest BCUT2D eigenvalue weighted by Crippen LogP contribution is 2.47. The maximum Gasteiger partial charge on any atom is 0.219 e. The molecular formula is C19H22N4O5. The number of rotatable bonds is 3. The SMILES string of the molecule is COc1cc([C@@H]2Nc3nonc3NC3=C2C(=O)CC(C)(C)C3)cc(OC)c1O. The van der Waals surface area contributed by atoms with Crippen LogP contribution in [0, 0.1) is 5.41 Å². The van der Waals surface area contributed by atoms with Crippen molar-refractivity contribution >= 4 is 17.4 Å². The van der Waals surface area contributed by atoms with E-state index in [-0.39, 0.29) is 28.4 Å². The standard InChI is InChI=1S/C19H22N4O5/c1-19(2)7-10-14(11(24)8-19)15(21-18-17(20-10)22-28-23-18)9-5-12(26-3)16(25)13(6-9)27-4/h5-6,15,25H,7-8H2,1-4H3,(H,20,22)(H,21,23)/t15-/m0/s1. The van der Waals surface area contributed by atoms with Gasteiger partial charge in [0.15, 0.2) is 17.3 Å². The Bertz CT molecular complexity index is 953. The number of carbonyl (C=O) groups excluding carboxylic acids is 1. The first kappa shape index (κ1) is 18.1. The van der Waals surface area contributed by atoms with E-state index in [1.165, 1.54) is 14.2 Å². The third-order valence-electron chi connectivity index (χ3n) is 5.08. The average molecular weight is 386 g/mol. The number of Topliss-reactive ketones (excluding diaryl/α,β-unsaturated/α-hetero) is 1. The number of nitrogens with one attached hydrogen (secondary N) is 2. The van der Waals surface area contributed by atoms with E-state index >= 15 is 0 Å². The molecule has 0 unspecified atom stereocenters. The lowest BCUT2D eigenvalue weighted by atomic mass is 9.73. The first-order valence-electron chi connectivity index (χ1n) is 8.90. The molecule has 28 heavy (non-hydrogen) atoms. The Hall–Kier alpha value is -3.23. The Morgan fingerprint density at radius 1 is 1.14 bits per heavy atom. The van der Waals surface area contributed by atoms with Gasteiger partial charge in [-0.1, -0.05) is 13.8 Å². The second-order valence-electron chi connectivity index (χ2n) is 7.77. The zero-order valence-electron chi connectivity index (χ0n) is 16.1. The van der Waals surface area contributed by atoms with Crippen molar-refractivity contribution in [3.05, 3.63) is 29.0 Å². The number of anilines is 2. The Morgan fingerprint density at radius 2 is 1.79 bits per heavy atom. The van der Waals surface area contributed by atoms with Gasteiger partial charge in [0.05, 0.1) is 20.3 Å². The van der Waals surface area contributed by atoms with Gasteiger partial charge in [0.2, 0.25) is 17.4 Å². The number of hydrogen-bond donors (Lipinski definition) is 3. The number of fused-ring (bicyclic) bond motifs is 1. The summed E-state index contributed by atoms with van der Waals surface area (Å²) >= 11 is 0. The molecule has 1 aliphatic carbocycles. The summed E-state index contributed by atoms with van der Waals surface area (Å²) in [5.41, 5.74) is 1.89. The van der Waals surface area contributed by atoms with Crippen LogP contribution in [0.3, 0.4) is 0 Å². The van der Waals surface area contributed by atoms with Gasteiger partial charge in [-0.05, 0) is 39.8 Å². The number of aromatic hydroxyl groups is 1. The molecule has 1 aromatic carbocycles. The number of nitrogens with zero attached hydrogens (tertiary/aromatic N) is 2. The van der Waals surface area contributed by atoms with E-state index in [0.29, 0.717) is 35.6 Å². The number of ketones is 1. The molecule has 4 rings (SSSR count). The summed E-state index contributed by atoms with van der Waals surface area (Å²) in [6.45, 7) is 4.11. The smallest absolute Gasteiger partial charge is 0.219 e. The molecule has 0 spiro atoms. The number of benzene rings is 1. The van der Waals surface area contributed by atoms with E-state index in [2.05, 4.69) is 34.8 Å². The third-order valence-corrected chi connectivity index (χ3v) is 5.08. The van der Waals surface area contributed by atoms with Crippen LogP contribution in [0.1, 0.15) is 38.3 Å². The van der Waals surface area contributed by atoms with E-state index in [1.807, 2.05) is 0 Å². The maximum atomic E-state index is 13.1. The molecule has 0 saturated carbocycles. The minimum atomic E-state index is -0.539. The molecule has 2 heterocycles. The van der Waals surface area contributed by atoms with E-state index in [9.17, 15) is 9.90 Å². The van der Waals surface area contributed by atoms with E-state index in [4.69, 9.17) is 14.1 Å². The van der Waals surface area contributed by atoms with Gasteiger partial charge in [-0.25, -0.2) is 4.63 Å². The Balaban J connectivity index is 1.90. The van der Waals surface area contributed by atoms with Crippen molar-refractivity contribution in [2.45, 2.75) is 32.7 Å². The van der Waals surface area contributed by atoms with Gasteiger partial charge in [0, 0.05) is 17.7 Å². The summed E-state index contributed by atoms with van der Waals surface area (Å²) in [5, 5.41) is 24.5. The largest absolute Gasteiger partial charge is 0.502 e. The zero-order chi connectivity index (χ0) is 20.1. The number of allylic oxidation sites excluding steroid dienone is 1. The average Bonchev–Trinajstić information content (AvgIpc) is 3.00. The van der Waals surface area contributed by atoms with Crippen LogP contribution in [0.4, 0.5) is 11.6 Å². The van der Waals surface area contributed by atoms with Crippen molar-refractivity contribution in [1.82, 2.24) is 10.3 Å². The fourth-order valence-corrected chi connectivity index (χ4v) is 3.83. The van der Waals surface area contributed by atoms with E-state index < -0.39 is 6.04 Å². The molecule has 0 amide bonds. The molecule has 9 nitrogen and oxygen atoms in total. The number of hydrogen-bond acceptors (Lipinski definition) is 9. The van der Waals surface area contributed by atoms with Crippen LogP contribution in [-0.2, 0) is 4.79 Å². The third kappa shape index (κ3) is 2.92. The van der Waals surface area contributed by atoms with Crippen LogP contribution in [-0.4, -0.2) is 35.4 Å². The van der Waals surface area contributed by atoms with Crippen LogP contribution in [0.2, 0.25) is 0 Å². The second-order valence-corrected chi connectivity index (χ2v) is 7.77. The molecule has 3 N–H and O–H groups in total. The lowest BCUT2D eigenvalue weighted by Gasteiger charge is -2.34. The molecule has 1 atom stereocenters. The Kier molecular flexibility index (Phi) is 4.17. The first-order chi connectivity index (χ1) is 13.3. The van der Waals surface area contributed by atoms with Crippen molar-refractivity contribution in [3.8, 4) is 17.2 Å². The van der Waals surface area contributed by atoms with Crippen LogP contribution in [0.5, 0.6) is 17.2 Å². The quantitative estimate of drug-likeness (QED) is 0.731. The highest BCUT2D eigenvalue weighted by molar-refractivity contribution is 6.00. The molecule has 0 bridgehead atoms. The first-order valence-corrected chi connectivity index (χ1v) is 8.90. The monoisotopic (exact) mass is 386 g/mol. The number of ether oxygens (including phenoxy) is 2. The van der Waals surface area contributed by atoms with Crippen molar-refractivity contribution in [2.24, 2.45) is 5.41 Å². The fraction of sp³-hybridized carbons (Fsp3) is 0.421. The number of aromatic nitrogens is 2. The van der Waals surface area contributed by atoms with Crippen molar-refractivity contribution in [1.29, 1.82) is 0 Å². The lowest BCUT2D eigenvalue weighted by molar-refractivity contribution is -0.118. The second kappa shape index (κ2) is 6.43. The zero-order valence-corrected chi connectivity index (χ0v) is 16.1. The number of methoxy groups -OCH3 is 2. The van der Waals surface area contributed by atoms with Gasteiger partial charge in [0.1, 0.15) is 0 Å². The van der Waals surface area contributed by atoms with Gasteiger partial charge in [-0.2, -0.15) is 0 Å². The molecule has 1 aromatic heterocycles. The minimum absolute atomic E-state index is 0.0318. The van der Waals surface area contributed by atoms with Crippen molar-refractivity contribution < 1.29 is 24.0 Å². The van der Waals surface area contributed by atoms with E-state index in [0.717, 1.165) is 5.70 Å². The minimum Gasteiger partial charge on any atom is -0.502 e. The topological polar surface area (TPSA) is 119 Å². The molecule has 0 fully saturated rings. The molecule has 1 aliphatic heterocycles. The van der Waals surface area contributed by atoms with Crippen molar-refractivity contribution in [3.63, 3.8) is 0 Å². The predicted octanol–water partition coefficient (Wildman–Crippen LogP) is 3.01. The maximum absolute atomic E-state index is 13.1. The lowest BCUT2D eigenvalue weighted by Crippen LogP contribution is -2.31. The van der Waals surface area contributed by atoms with Gasteiger partial charge >= 0.3 is 0 Å². The summed E-state index contributed by atoms with van der Waals surface area (Å²) in [5.74, 6) is 1.25. The molecule has 148 valence electrons. The van der Waals surface area contributed by atoms with Gasteiger partial charge in [-0.15, -0.1) is 0 Å². The summed E-state index contributed by atoms with van der Waals surface area (Å²) in [4.78, 5) is 13.1. The predicted molar refractivity (Wildman–Crippen MR) is 101 cm³/mol. The Morgan fingerprint density at radius 3 is 2.43 bits per heavy atom. The molecule has 2 aromatic rings. The highest BCUT2D eigenvalue weighted by atomic mass is 16.6.